The maximum absolute atomic E-state index is 12.5. The van der Waals surface area contributed by atoms with Crippen molar-refractivity contribution in [2.45, 2.75) is 32.1 Å². The number of nitrogens with zero attached hydrogens (tertiary/aromatic N) is 1. The van der Waals surface area contributed by atoms with Crippen molar-refractivity contribution < 1.29 is 14.3 Å². The Balaban J connectivity index is 1.23. The number of anilines is 1. The molecule has 5 heteroatoms. The Labute approximate surface area is 165 Å². The number of hydrogen-bond donors (Lipinski definition) is 1. The van der Waals surface area contributed by atoms with Crippen LogP contribution in [0.4, 0.5) is 10.5 Å². The molecule has 0 spiro atoms. The molecule has 1 fully saturated rings. The number of carbonyl (C=O) groups excluding carboxylic acids is 1. The summed E-state index contributed by atoms with van der Waals surface area (Å²) in [6, 6.07) is 11.8. The molecule has 0 saturated carbocycles. The minimum absolute atomic E-state index is 0.00266. The maximum atomic E-state index is 12.5. The molecule has 0 radical (unpaired) electrons. The second-order valence-corrected chi connectivity index (χ2v) is 7.95. The van der Waals surface area contributed by atoms with Crippen LogP contribution in [-0.2, 0) is 19.3 Å². The Morgan fingerprint density at radius 3 is 2.68 bits per heavy atom. The van der Waals surface area contributed by atoms with Gasteiger partial charge in [0.25, 0.3) is 0 Å². The average molecular weight is 378 g/mol. The van der Waals surface area contributed by atoms with Gasteiger partial charge in [0.05, 0.1) is 13.2 Å². The van der Waals surface area contributed by atoms with Crippen LogP contribution in [0.2, 0.25) is 0 Å². The predicted octanol–water partition coefficient (Wildman–Crippen LogP) is 4.04. The van der Waals surface area contributed by atoms with Gasteiger partial charge in [-0.25, -0.2) is 4.79 Å². The molecule has 0 aliphatic carbocycles. The van der Waals surface area contributed by atoms with Crippen molar-refractivity contribution >= 4 is 11.7 Å². The Morgan fingerprint density at radius 1 is 1.07 bits per heavy atom. The quantitative estimate of drug-likeness (QED) is 0.877. The number of nitrogens with one attached hydrogen (secondary N) is 1. The minimum Gasteiger partial charge on any atom is -0.493 e. The summed E-state index contributed by atoms with van der Waals surface area (Å²) in [6.45, 7) is 3.17. The number of hydrogen-bond acceptors (Lipinski definition) is 3. The van der Waals surface area contributed by atoms with Crippen molar-refractivity contribution in [3.8, 4) is 11.5 Å². The van der Waals surface area contributed by atoms with Crippen LogP contribution in [0.3, 0.4) is 0 Å². The molecule has 0 aromatic heterocycles. The molecule has 2 aromatic carbocycles. The molecule has 2 aromatic rings. The highest BCUT2D eigenvalue weighted by atomic mass is 16.5. The molecule has 28 heavy (non-hydrogen) atoms. The maximum Gasteiger partial charge on any atom is 0.321 e. The van der Waals surface area contributed by atoms with E-state index in [0.717, 1.165) is 75.6 Å². The van der Waals surface area contributed by atoms with Crippen molar-refractivity contribution in [1.29, 1.82) is 0 Å². The van der Waals surface area contributed by atoms with Crippen molar-refractivity contribution in [3.05, 3.63) is 53.1 Å². The summed E-state index contributed by atoms with van der Waals surface area (Å²) in [4.78, 5) is 14.5. The number of urea groups is 1. The third kappa shape index (κ3) is 3.30. The Bertz CT molecular complexity index is 841. The Hall–Kier alpha value is -2.69. The van der Waals surface area contributed by atoms with E-state index in [-0.39, 0.29) is 6.03 Å². The lowest BCUT2D eigenvalue weighted by Crippen LogP contribution is -2.41. The van der Waals surface area contributed by atoms with E-state index in [0.29, 0.717) is 5.92 Å². The van der Waals surface area contributed by atoms with Gasteiger partial charge in [0.2, 0.25) is 0 Å². The van der Waals surface area contributed by atoms with Crippen LogP contribution >= 0.6 is 0 Å². The van der Waals surface area contributed by atoms with Crippen molar-refractivity contribution in [1.82, 2.24) is 4.90 Å². The first-order valence-electron chi connectivity index (χ1n) is 10.3. The SMILES string of the molecule is O=C(Nc1ccccc1)N1CCC(Cc2c3c(cc4c2OCC4)OCC3)CC1. The van der Waals surface area contributed by atoms with Gasteiger partial charge in [-0.1, -0.05) is 18.2 Å². The lowest BCUT2D eigenvalue weighted by atomic mass is 9.86. The van der Waals surface area contributed by atoms with E-state index < -0.39 is 0 Å². The van der Waals surface area contributed by atoms with E-state index in [4.69, 9.17) is 9.47 Å². The zero-order chi connectivity index (χ0) is 18.9. The van der Waals surface area contributed by atoms with Crippen LogP contribution in [-0.4, -0.2) is 37.2 Å². The summed E-state index contributed by atoms with van der Waals surface area (Å²) in [5.41, 5.74) is 4.87. The molecule has 146 valence electrons. The average Bonchev–Trinajstić information content (AvgIpc) is 3.38. The number of rotatable bonds is 3. The molecule has 5 rings (SSSR count). The number of carbonyl (C=O) groups is 1. The molecule has 0 unspecified atom stereocenters. The number of likely N-dealkylation sites (tertiary alicyclic amines) is 1. The van der Waals surface area contributed by atoms with Crippen LogP contribution in [0, 0.1) is 5.92 Å². The first-order chi connectivity index (χ1) is 13.8. The molecular formula is C23H26N2O3. The van der Waals surface area contributed by atoms with Crippen LogP contribution < -0.4 is 14.8 Å². The number of ether oxygens (including phenoxy) is 2. The molecule has 3 aliphatic rings. The number of amides is 2. The van der Waals surface area contributed by atoms with E-state index in [1.54, 1.807) is 0 Å². The summed E-state index contributed by atoms with van der Waals surface area (Å²) in [5.74, 6) is 2.77. The van der Waals surface area contributed by atoms with Gasteiger partial charge in [-0.3, -0.25) is 0 Å². The van der Waals surface area contributed by atoms with Crippen LogP contribution in [0.25, 0.3) is 0 Å². The summed E-state index contributed by atoms with van der Waals surface area (Å²) >= 11 is 0. The number of piperidine rings is 1. The lowest BCUT2D eigenvalue weighted by molar-refractivity contribution is 0.182. The molecular weight excluding hydrogens is 352 g/mol. The van der Waals surface area contributed by atoms with E-state index in [1.165, 1.54) is 16.7 Å². The monoisotopic (exact) mass is 378 g/mol. The third-order valence-electron chi connectivity index (χ3n) is 6.18. The fourth-order valence-electron chi connectivity index (χ4n) is 4.65. The molecule has 3 heterocycles. The summed E-state index contributed by atoms with van der Waals surface area (Å²) in [5, 5.41) is 2.99. The van der Waals surface area contributed by atoms with Crippen LogP contribution in [0.1, 0.15) is 29.5 Å². The Kier molecular flexibility index (Phi) is 4.59. The van der Waals surface area contributed by atoms with Gasteiger partial charge < -0.3 is 19.7 Å². The summed E-state index contributed by atoms with van der Waals surface area (Å²) in [7, 11) is 0. The first kappa shape index (κ1) is 17.4. The topological polar surface area (TPSA) is 50.8 Å². The number of benzene rings is 2. The van der Waals surface area contributed by atoms with E-state index in [2.05, 4.69) is 11.4 Å². The lowest BCUT2D eigenvalue weighted by Gasteiger charge is -2.32. The summed E-state index contributed by atoms with van der Waals surface area (Å²) < 4.78 is 11.8. The van der Waals surface area contributed by atoms with E-state index in [9.17, 15) is 4.79 Å². The van der Waals surface area contributed by atoms with Crippen molar-refractivity contribution in [2.24, 2.45) is 5.92 Å². The molecule has 3 aliphatic heterocycles. The Morgan fingerprint density at radius 2 is 1.86 bits per heavy atom. The zero-order valence-electron chi connectivity index (χ0n) is 16.1. The van der Waals surface area contributed by atoms with Gasteiger partial charge in [-0.2, -0.15) is 0 Å². The normalized spacial score (nSPS) is 18.2. The smallest absolute Gasteiger partial charge is 0.321 e. The van der Waals surface area contributed by atoms with Gasteiger partial charge in [0.1, 0.15) is 11.5 Å². The molecule has 0 atom stereocenters. The van der Waals surface area contributed by atoms with Gasteiger partial charge in [-0.15, -0.1) is 0 Å². The highest BCUT2D eigenvalue weighted by molar-refractivity contribution is 5.89. The predicted molar refractivity (Wildman–Crippen MR) is 108 cm³/mol. The fraction of sp³-hybridized carbons (Fsp3) is 0.435. The van der Waals surface area contributed by atoms with Crippen molar-refractivity contribution in [2.75, 3.05) is 31.6 Å². The second kappa shape index (κ2) is 7.38. The van der Waals surface area contributed by atoms with E-state index >= 15 is 0 Å². The van der Waals surface area contributed by atoms with Crippen molar-refractivity contribution in [3.63, 3.8) is 0 Å². The molecule has 0 bridgehead atoms. The zero-order valence-corrected chi connectivity index (χ0v) is 16.1. The second-order valence-electron chi connectivity index (χ2n) is 7.95. The molecule has 1 saturated heterocycles. The first-order valence-corrected chi connectivity index (χ1v) is 10.3. The highest BCUT2D eigenvalue weighted by Gasteiger charge is 2.30. The number of para-hydroxylation sites is 1. The van der Waals surface area contributed by atoms with Crippen LogP contribution in [0.5, 0.6) is 11.5 Å². The number of fused-ring (bicyclic) bond motifs is 2. The molecule has 1 N–H and O–H groups in total. The fourth-order valence-corrected chi connectivity index (χ4v) is 4.65. The molecule has 5 nitrogen and oxygen atoms in total. The minimum atomic E-state index is 0.00266. The third-order valence-corrected chi connectivity index (χ3v) is 6.18. The van der Waals surface area contributed by atoms with Crippen LogP contribution in [0.15, 0.2) is 36.4 Å². The van der Waals surface area contributed by atoms with Gasteiger partial charge in [0, 0.05) is 48.3 Å². The van der Waals surface area contributed by atoms with E-state index in [1.807, 2.05) is 35.2 Å². The largest absolute Gasteiger partial charge is 0.493 e. The van der Waals surface area contributed by atoms with Gasteiger partial charge in [0.15, 0.2) is 0 Å². The summed E-state index contributed by atoms with van der Waals surface area (Å²) in [6.07, 6.45) is 5.06. The highest BCUT2D eigenvalue weighted by Crippen LogP contribution is 2.42. The van der Waals surface area contributed by atoms with Gasteiger partial charge in [-0.05, 0) is 43.4 Å². The standard InChI is InChI=1S/C23H26N2O3/c26-23(24-18-4-2-1-3-5-18)25-10-6-16(7-11-25)14-20-19-9-13-27-21(19)15-17-8-12-28-22(17)20/h1-5,15-16H,6-14H2,(H,24,26). The van der Waals surface area contributed by atoms with Gasteiger partial charge >= 0.3 is 6.03 Å². The molecule has 2 amide bonds.